The molecule has 3 aromatic rings. The van der Waals surface area contributed by atoms with Crippen LogP contribution in [0.5, 0.6) is 5.75 Å². The lowest BCUT2D eigenvalue weighted by molar-refractivity contribution is 0.0491. The number of esters is 1. The monoisotopic (exact) mass is 499 g/mol. The molecule has 0 amide bonds. The van der Waals surface area contributed by atoms with Crippen molar-refractivity contribution < 1.29 is 19.1 Å². The van der Waals surface area contributed by atoms with Gasteiger partial charge in [-0.25, -0.2) is 4.79 Å². The van der Waals surface area contributed by atoms with E-state index in [4.69, 9.17) is 9.15 Å². The topological polar surface area (TPSA) is 80.0 Å². The van der Waals surface area contributed by atoms with Gasteiger partial charge in [-0.1, -0.05) is 34.5 Å². The molecule has 0 saturated carbocycles. The molecule has 1 fully saturated rings. The number of halogens is 1. The number of nitrogens with zero attached hydrogens (tertiary/aromatic N) is 1. The number of rotatable bonds is 5. The molecule has 7 heteroatoms. The Bertz CT molecular complexity index is 1200. The third-order valence-electron chi connectivity index (χ3n) is 6.03. The molecule has 1 saturated heterocycles. The van der Waals surface area contributed by atoms with Gasteiger partial charge in [0.2, 0.25) is 11.2 Å². The Morgan fingerprint density at radius 1 is 1.22 bits per heavy atom. The van der Waals surface area contributed by atoms with E-state index in [9.17, 15) is 14.7 Å². The van der Waals surface area contributed by atoms with Gasteiger partial charge in [0.05, 0.1) is 23.1 Å². The van der Waals surface area contributed by atoms with Crippen LogP contribution < -0.4 is 5.43 Å². The van der Waals surface area contributed by atoms with Gasteiger partial charge in [-0.15, -0.1) is 0 Å². The highest BCUT2D eigenvalue weighted by Gasteiger charge is 2.27. The number of fused-ring (bicyclic) bond motifs is 1. The fourth-order valence-electron chi connectivity index (χ4n) is 4.27. The molecule has 2 heterocycles. The van der Waals surface area contributed by atoms with E-state index in [0.29, 0.717) is 29.1 Å². The lowest BCUT2D eigenvalue weighted by Crippen LogP contribution is -2.36. The molecule has 1 aliphatic heterocycles. The maximum Gasteiger partial charge on any atom is 0.375 e. The first kappa shape index (κ1) is 22.6. The maximum atomic E-state index is 13.6. The summed E-state index contributed by atoms with van der Waals surface area (Å²) in [5.41, 5.74) is 1.14. The summed E-state index contributed by atoms with van der Waals surface area (Å²) in [6.45, 7) is 5.35. The average molecular weight is 500 g/mol. The largest absolute Gasteiger partial charge is 0.507 e. The van der Waals surface area contributed by atoms with Crippen LogP contribution in [-0.4, -0.2) is 35.2 Å². The van der Waals surface area contributed by atoms with Crippen molar-refractivity contribution >= 4 is 32.9 Å². The summed E-state index contributed by atoms with van der Waals surface area (Å²) in [4.78, 5) is 28.7. The molecule has 168 valence electrons. The molecule has 1 aromatic heterocycles. The molecule has 0 unspecified atom stereocenters. The van der Waals surface area contributed by atoms with Crippen molar-refractivity contribution in [2.45, 2.75) is 45.7 Å². The van der Waals surface area contributed by atoms with Gasteiger partial charge >= 0.3 is 5.97 Å². The smallest absolute Gasteiger partial charge is 0.375 e. The standard InChI is InChI=1S/C25H26BrNO5/c1-3-31-25(30)24-21(16-7-9-17(26)10-8-16)22(29)18-11-12-20(28)19(23(18)32-24)14-27-13-5-4-6-15(27)2/h7-12,15,28H,3-6,13-14H2,1-2H3/t15-/m1/s1. The van der Waals surface area contributed by atoms with Crippen molar-refractivity contribution in [3.63, 3.8) is 0 Å². The Morgan fingerprint density at radius 3 is 2.66 bits per heavy atom. The predicted molar refractivity (Wildman–Crippen MR) is 127 cm³/mol. The Labute approximate surface area is 194 Å². The number of aromatic hydroxyl groups is 1. The number of hydrogen-bond acceptors (Lipinski definition) is 6. The molecule has 1 atom stereocenters. The second-order valence-corrected chi connectivity index (χ2v) is 9.03. The van der Waals surface area contributed by atoms with E-state index in [1.54, 1.807) is 37.3 Å². The van der Waals surface area contributed by atoms with Crippen molar-refractivity contribution in [2.75, 3.05) is 13.2 Å². The van der Waals surface area contributed by atoms with E-state index in [-0.39, 0.29) is 34.7 Å². The van der Waals surface area contributed by atoms with E-state index in [0.717, 1.165) is 23.9 Å². The first-order chi connectivity index (χ1) is 15.4. The van der Waals surface area contributed by atoms with Gasteiger partial charge in [-0.2, -0.15) is 0 Å². The second kappa shape index (κ2) is 9.46. The minimum absolute atomic E-state index is 0.0459. The number of phenolic OH excluding ortho intramolecular Hbond substituents is 1. The van der Waals surface area contributed by atoms with Gasteiger partial charge < -0.3 is 14.3 Å². The van der Waals surface area contributed by atoms with E-state index in [1.807, 2.05) is 0 Å². The summed E-state index contributed by atoms with van der Waals surface area (Å²) in [6.07, 6.45) is 3.34. The minimum Gasteiger partial charge on any atom is -0.507 e. The van der Waals surface area contributed by atoms with Gasteiger partial charge in [0.25, 0.3) is 0 Å². The predicted octanol–water partition coefficient (Wildman–Crippen LogP) is 5.48. The summed E-state index contributed by atoms with van der Waals surface area (Å²) in [5.74, 6) is -0.806. The first-order valence-electron chi connectivity index (χ1n) is 10.9. The lowest BCUT2D eigenvalue weighted by atomic mass is 9.99. The quantitative estimate of drug-likeness (QED) is 0.468. The van der Waals surface area contributed by atoms with Crippen molar-refractivity contribution in [3.8, 4) is 16.9 Å². The van der Waals surface area contributed by atoms with Crippen LogP contribution in [0.15, 0.2) is 50.1 Å². The number of carbonyl (C=O) groups excluding carboxylic acids is 1. The number of hydrogen-bond donors (Lipinski definition) is 1. The normalized spacial score (nSPS) is 16.9. The summed E-state index contributed by atoms with van der Waals surface area (Å²) in [5, 5.41) is 11.0. The van der Waals surface area contributed by atoms with Crippen LogP contribution in [0.2, 0.25) is 0 Å². The summed E-state index contributed by atoms with van der Waals surface area (Å²) >= 11 is 3.39. The molecule has 6 nitrogen and oxygen atoms in total. The number of likely N-dealkylation sites (tertiary alicyclic amines) is 1. The zero-order valence-corrected chi connectivity index (χ0v) is 19.8. The van der Waals surface area contributed by atoms with Gasteiger partial charge in [0, 0.05) is 17.1 Å². The van der Waals surface area contributed by atoms with Crippen LogP contribution >= 0.6 is 15.9 Å². The summed E-state index contributed by atoms with van der Waals surface area (Å²) in [6, 6.07) is 10.5. The number of benzene rings is 2. The number of phenols is 1. The molecular formula is C25H26BrNO5. The Morgan fingerprint density at radius 2 is 1.97 bits per heavy atom. The third-order valence-corrected chi connectivity index (χ3v) is 6.56. The maximum absolute atomic E-state index is 13.6. The molecule has 32 heavy (non-hydrogen) atoms. The van der Waals surface area contributed by atoms with Crippen LogP contribution in [0.3, 0.4) is 0 Å². The number of carbonyl (C=O) groups is 1. The summed E-state index contributed by atoms with van der Waals surface area (Å²) < 4.78 is 12.1. The lowest BCUT2D eigenvalue weighted by Gasteiger charge is -2.33. The zero-order valence-electron chi connectivity index (χ0n) is 18.2. The van der Waals surface area contributed by atoms with Crippen LogP contribution in [-0.2, 0) is 11.3 Å². The minimum atomic E-state index is -0.704. The Balaban J connectivity index is 1.94. The van der Waals surface area contributed by atoms with Crippen molar-refractivity contribution in [2.24, 2.45) is 0 Å². The molecule has 0 spiro atoms. The molecule has 1 N–H and O–H groups in total. The fraction of sp³-hybridized carbons (Fsp3) is 0.360. The molecule has 0 bridgehead atoms. The Kier molecular flexibility index (Phi) is 6.67. The molecular weight excluding hydrogens is 474 g/mol. The first-order valence-corrected chi connectivity index (χ1v) is 11.7. The molecule has 2 aromatic carbocycles. The van der Waals surface area contributed by atoms with Crippen LogP contribution in [0.25, 0.3) is 22.1 Å². The highest BCUT2D eigenvalue weighted by Crippen LogP contribution is 2.33. The zero-order chi connectivity index (χ0) is 22.8. The molecule has 4 rings (SSSR count). The van der Waals surface area contributed by atoms with Crippen molar-refractivity contribution in [1.29, 1.82) is 0 Å². The van der Waals surface area contributed by atoms with Crippen molar-refractivity contribution in [1.82, 2.24) is 4.90 Å². The molecule has 1 aliphatic rings. The van der Waals surface area contributed by atoms with Gasteiger partial charge in [0.1, 0.15) is 11.3 Å². The van der Waals surface area contributed by atoms with E-state index >= 15 is 0 Å². The van der Waals surface area contributed by atoms with Crippen LogP contribution in [0, 0.1) is 0 Å². The van der Waals surface area contributed by atoms with Crippen molar-refractivity contribution in [3.05, 3.63) is 62.4 Å². The molecule has 0 radical (unpaired) electrons. The second-order valence-electron chi connectivity index (χ2n) is 8.12. The molecule has 0 aliphatic carbocycles. The van der Waals surface area contributed by atoms with E-state index < -0.39 is 5.97 Å². The van der Waals surface area contributed by atoms with Crippen LogP contribution in [0.1, 0.15) is 49.2 Å². The van der Waals surface area contributed by atoms with E-state index in [2.05, 4.69) is 27.8 Å². The number of ether oxygens (including phenoxy) is 1. The van der Waals surface area contributed by atoms with Crippen LogP contribution in [0.4, 0.5) is 0 Å². The third kappa shape index (κ3) is 4.32. The van der Waals surface area contributed by atoms with Gasteiger partial charge in [0.15, 0.2) is 0 Å². The highest BCUT2D eigenvalue weighted by molar-refractivity contribution is 9.10. The average Bonchev–Trinajstić information content (AvgIpc) is 2.78. The SMILES string of the molecule is CCOC(=O)c1oc2c(CN3CCCC[C@H]3C)c(O)ccc2c(=O)c1-c1ccc(Br)cc1. The Hall–Kier alpha value is -2.64. The van der Waals surface area contributed by atoms with E-state index in [1.165, 1.54) is 12.5 Å². The number of piperidine rings is 1. The van der Waals surface area contributed by atoms with Gasteiger partial charge in [-0.05, 0) is 63.1 Å². The van der Waals surface area contributed by atoms with Gasteiger partial charge in [-0.3, -0.25) is 9.69 Å². The fourth-order valence-corrected chi connectivity index (χ4v) is 4.54. The summed E-state index contributed by atoms with van der Waals surface area (Å²) in [7, 11) is 0. The highest BCUT2D eigenvalue weighted by atomic mass is 79.9.